The van der Waals surface area contributed by atoms with Gasteiger partial charge in [-0.05, 0) is 73.4 Å². The second-order valence-corrected chi connectivity index (χ2v) is 7.80. The van der Waals surface area contributed by atoms with Crippen molar-refractivity contribution in [2.75, 3.05) is 5.32 Å². The average Bonchev–Trinajstić information content (AvgIpc) is 3.20. The number of nitriles is 1. The zero-order chi connectivity index (χ0) is 21.8. The van der Waals surface area contributed by atoms with E-state index in [1.165, 1.54) is 0 Å². The lowest BCUT2D eigenvalue weighted by Gasteiger charge is -2.10. The van der Waals surface area contributed by atoms with Gasteiger partial charge in [-0.25, -0.2) is 19.6 Å². The quantitative estimate of drug-likeness (QED) is 0.489. The van der Waals surface area contributed by atoms with E-state index < -0.39 is 0 Å². The lowest BCUT2D eigenvalue weighted by Crippen LogP contribution is -2.00. The third-order valence-corrected chi connectivity index (χ3v) is 4.71. The summed E-state index contributed by atoms with van der Waals surface area (Å²) in [5.41, 5.74) is 5.25. The molecule has 0 aliphatic rings. The first-order chi connectivity index (χ1) is 15.0. The number of nitrogens with one attached hydrogen (secondary N) is 1. The topological polar surface area (TPSA) is 92.3 Å². The molecule has 0 radical (unpaired) electrons. The standard InChI is InChI=1S/C24H23N7/c1-16(2)10-18-11-19(14-25)13-20(12-18)23-8-9-26-24(29-23)28-21-4-6-22(7-5-21)31-15-27-17(3)30-31/h4-9,11-13,15-16H,10H2,1-3H3,(H,26,28,29). The number of nitrogens with zero attached hydrogens (tertiary/aromatic N) is 6. The summed E-state index contributed by atoms with van der Waals surface area (Å²) in [4.78, 5) is 13.2. The molecule has 1 N–H and O–H groups in total. The monoisotopic (exact) mass is 409 g/mol. The molecule has 0 spiro atoms. The number of hydrogen-bond donors (Lipinski definition) is 1. The summed E-state index contributed by atoms with van der Waals surface area (Å²) >= 11 is 0. The Balaban J connectivity index is 1.57. The fraction of sp³-hybridized carbons (Fsp3) is 0.208. The van der Waals surface area contributed by atoms with Gasteiger partial charge in [-0.1, -0.05) is 13.8 Å². The van der Waals surface area contributed by atoms with Gasteiger partial charge in [-0.15, -0.1) is 0 Å². The van der Waals surface area contributed by atoms with Crippen molar-refractivity contribution in [2.24, 2.45) is 5.92 Å². The van der Waals surface area contributed by atoms with Crippen LogP contribution in [0.3, 0.4) is 0 Å². The lowest BCUT2D eigenvalue weighted by molar-refractivity contribution is 0.647. The minimum absolute atomic E-state index is 0.495. The van der Waals surface area contributed by atoms with Gasteiger partial charge in [-0.2, -0.15) is 10.4 Å². The van der Waals surface area contributed by atoms with Crippen LogP contribution in [0.4, 0.5) is 11.6 Å². The smallest absolute Gasteiger partial charge is 0.227 e. The van der Waals surface area contributed by atoms with E-state index in [1.54, 1.807) is 17.2 Å². The predicted octanol–water partition coefficient (Wildman–Crippen LogP) is 4.85. The zero-order valence-corrected chi connectivity index (χ0v) is 17.7. The van der Waals surface area contributed by atoms with Gasteiger partial charge in [0.05, 0.1) is 23.0 Å². The lowest BCUT2D eigenvalue weighted by atomic mass is 9.97. The van der Waals surface area contributed by atoms with E-state index >= 15 is 0 Å². The van der Waals surface area contributed by atoms with Gasteiger partial charge < -0.3 is 5.32 Å². The molecule has 31 heavy (non-hydrogen) atoms. The van der Waals surface area contributed by atoms with Crippen molar-refractivity contribution >= 4 is 11.6 Å². The molecule has 2 aromatic heterocycles. The molecule has 7 nitrogen and oxygen atoms in total. The summed E-state index contributed by atoms with van der Waals surface area (Å²) in [6.45, 7) is 6.19. The summed E-state index contributed by atoms with van der Waals surface area (Å²) < 4.78 is 1.73. The molecule has 0 saturated heterocycles. The number of aromatic nitrogens is 5. The van der Waals surface area contributed by atoms with Gasteiger partial charge >= 0.3 is 0 Å². The van der Waals surface area contributed by atoms with E-state index in [-0.39, 0.29) is 0 Å². The third-order valence-electron chi connectivity index (χ3n) is 4.71. The first kappa shape index (κ1) is 20.2. The van der Waals surface area contributed by atoms with Gasteiger partial charge in [0.25, 0.3) is 0 Å². The highest BCUT2D eigenvalue weighted by Gasteiger charge is 2.08. The van der Waals surface area contributed by atoms with Crippen molar-refractivity contribution < 1.29 is 0 Å². The Kier molecular flexibility index (Phi) is 5.72. The van der Waals surface area contributed by atoms with Gasteiger partial charge in [-0.3, -0.25) is 0 Å². The molecule has 7 heteroatoms. The van der Waals surface area contributed by atoms with Crippen LogP contribution >= 0.6 is 0 Å². The van der Waals surface area contributed by atoms with E-state index in [0.717, 1.165) is 40.4 Å². The SMILES string of the molecule is Cc1ncn(-c2ccc(Nc3nccc(-c4cc(C#N)cc(CC(C)C)c4)n3)cc2)n1. The molecule has 154 valence electrons. The summed E-state index contributed by atoms with van der Waals surface area (Å²) in [6, 6.07) is 17.8. The van der Waals surface area contributed by atoms with Crippen LogP contribution in [0.1, 0.15) is 30.8 Å². The van der Waals surface area contributed by atoms with Crippen molar-refractivity contribution in [3.8, 4) is 23.0 Å². The molecule has 0 bridgehead atoms. The van der Waals surface area contributed by atoms with Gasteiger partial charge in [0.15, 0.2) is 0 Å². The van der Waals surface area contributed by atoms with Gasteiger partial charge in [0, 0.05) is 17.4 Å². The van der Waals surface area contributed by atoms with Crippen LogP contribution in [-0.2, 0) is 6.42 Å². The summed E-state index contributed by atoms with van der Waals surface area (Å²) in [5.74, 6) is 1.73. The number of aryl methyl sites for hydroxylation is 1. The Morgan fingerprint density at radius 1 is 1.06 bits per heavy atom. The van der Waals surface area contributed by atoms with E-state index in [0.29, 0.717) is 17.4 Å². The molecule has 0 saturated carbocycles. The second-order valence-electron chi connectivity index (χ2n) is 7.80. The molecule has 0 atom stereocenters. The molecule has 0 unspecified atom stereocenters. The Morgan fingerprint density at radius 2 is 1.87 bits per heavy atom. The first-order valence-electron chi connectivity index (χ1n) is 10.1. The van der Waals surface area contributed by atoms with Crippen LogP contribution in [0.15, 0.2) is 61.1 Å². The minimum atomic E-state index is 0.495. The average molecular weight is 409 g/mol. The van der Waals surface area contributed by atoms with Crippen LogP contribution in [0, 0.1) is 24.2 Å². The fourth-order valence-corrected chi connectivity index (χ4v) is 3.37. The summed E-state index contributed by atoms with van der Waals surface area (Å²) in [5, 5.41) is 17.0. The highest BCUT2D eigenvalue weighted by molar-refractivity contribution is 5.65. The van der Waals surface area contributed by atoms with Crippen molar-refractivity contribution in [2.45, 2.75) is 27.2 Å². The molecule has 2 aromatic carbocycles. The molecule has 0 fully saturated rings. The number of anilines is 2. The third kappa shape index (κ3) is 4.93. The predicted molar refractivity (Wildman–Crippen MR) is 120 cm³/mol. The number of rotatable bonds is 6. The van der Waals surface area contributed by atoms with Crippen molar-refractivity contribution in [1.29, 1.82) is 5.26 Å². The van der Waals surface area contributed by atoms with Gasteiger partial charge in [0.1, 0.15) is 12.2 Å². The van der Waals surface area contributed by atoms with Crippen LogP contribution in [-0.4, -0.2) is 24.7 Å². The minimum Gasteiger partial charge on any atom is -0.324 e. The number of hydrogen-bond acceptors (Lipinski definition) is 6. The Bertz CT molecular complexity index is 1230. The van der Waals surface area contributed by atoms with Gasteiger partial charge in [0.2, 0.25) is 5.95 Å². The fourth-order valence-electron chi connectivity index (χ4n) is 3.37. The molecule has 0 aliphatic carbocycles. The van der Waals surface area contributed by atoms with Crippen LogP contribution in [0.25, 0.3) is 16.9 Å². The normalized spacial score (nSPS) is 10.8. The Hall–Kier alpha value is -4.05. The molecule has 0 amide bonds. The molecule has 2 heterocycles. The van der Waals surface area contributed by atoms with E-state index in [1.807, 2.05) is 49.4 Å². The molecule has 4 aromatic rings. The summed E-state index contributed by atoms with van der Waals surface area (Å²) in [6.07, 6.45) is 4.32. The summed E-state index contributed by atoms with van der Waals surface area (Å²) in [7, 11) is 0. The van der Waals surface area contributed by atoms with Crippen LogP contribution in [0.5, 0.6) is 0 Å². The molecule has 0 aliphatic heterocycles. The molecule has 4 rings (SSSR count). The van der Waals surface area contributed by atoms with E-state index in [4.69, 9.17) is 0 Å². The Morgan fingerprint density at radius 3 is 2.55 bits per heavy atom. The highest BCUT2D eigenvalue weighted by atomic mass is 15.3. The maximum Gasteiger partial charge on any atom is 0.227 e. The van der Waals surface area contributed by atoms with E-state index in [9.17, 15) is 5.26 Å². The second kappa shape index (κ2) is 8.76. The first-order valence-corrected chi connectivity index (χ1v) is 10.1. The largest absolute Gasteiger partial charge is 0.324 e. The van der Waals surface area contributed by atoms with Crippen LogP contribution < -0.4 is 5.32 Å². The maximum absolute atomic E-state index is 9.42. The number of benzene rings is 2. The molecular formula is C24H23N7. The van der Waals surface area contributed by atoms with Crippen molar-refractivity contribution in [1.82, 2.24) is 24.7 Å². The highest BCUT2D eigenvalue weighted by Crippen LogP contribution is 2.24. The maximum atomic E-state index is 9.42. The van der Waals surface area contributed by atoms with Crippen LogP contribution in [0.2, 0.25) is 0 Å². The molecular weight excluding hydrogens is 386 g/mol. The van der Waals surface area contributed by atoms with E-state index in [2.05, 4.69) is 51.4 Å². The van der Waals surface area contributed by atoms with Crippen molar-refractivity contribution in [3.63, 3.8) is 0 Å². The zero-order valence-electron chi connectivity index (χ0n) is 17.7. The Labute approximate surface area is 181 Å². The van der Waals surface area contributed by atoms with Crippen molar-refractivity contribution in [3.05, 3.63) is 78.0 Å².